The molecule has 2 amide bonds. The van der Waals surface area contributed by atoms with E-state index >= 15 is 0 Å². The number of amides is 2. The van der Waals surface area contributed by atoms with Gasteiger partial charge < -0.3 is 20.1 Å². The maximum atomic E-state index is 13.7. The standard InChI is InChI=1S/C19H17FN2O4/c1-10-6-13(10)18(23)22-15-4-2-11(20)7-14(15)19(24)21-12-3-5-16-17(8-12)26-9-25-16/h2-5,7-8,10,13H,6,9H2,1H3,(H,21,24)(H,22,23)/t10-,13-/m1/s1. The zero-order valence-electron chi connectivity index (χ0n) is 14.0. The van der Waals surface area contributed by atoms with Crippen LogP contribution in [0.3, 0.4) is 0 Å². The molecule has 0 aromatic heterocycles. The van der Waals surface area contributed by atoms with Crippen LogP contribution in [0.15, 0.2) is 36.4 Å². The van der Waals surface area contributed by atoms with E-state index in [0.717, 1.165) is 12.5 Å². The number of halogens is 1. The summed E-state index contributed by atoms with van der Waals surface area (Å²) in [6, 6.07) is 8.69. The molecular weight excluding hydrogens is 339 g/mol. The van der Waals surface area contributed by atoms with Crippen molar-refractivity contribution in [1.82, 2.24) is 0 Å². The Kier molecular flexibility index (Phi) is 3.99. The van der Waals surface area contributed by atoms with Crippen molar-refractivity contribution < 1.29 is 23.5 Å². The number of carbonyl (C=O) groups excluding carboxylic acids is 2. The van der Waals surface area contributed by atoms with Crippen molar-refractivity contribution in [2.75, 3.05) is 17.4 Å². The summed E-state index contributed by atoms with van der Waals surface area (Å²) in [5.74, 6) is 0.173. The molecule has 6 nitrogen and oxygen atoms in total. The van der Waals surface area contributed by atoms with Gasteiger partial charge in [-0.25, -0.2) is 4.39 Å². The first-order chi connectivity index (χ1) is 12.5. The molecule has 0 bridgehead atoms. The number of benzene rings is 2. The summed E-state index contributed by atoms with van der Waals surface area (Å²) in [6.45, 7) is 2.12. The molecule has 0 unspecified atom stereocenters. The first-order valence-corrected chi connectivity index (χ1v) is 8.32. The van der Waals surface area contributed by atoms with Crippen molar-refractivity contribution in [2.45, 2.75) is 13.3 Å². The Morgan fingerprint density at radius 3 is 2.62 bits per heavy atom. The molecule has 1 aliphatic carbocycles. The minimum Gasteiger partial charge on any atom is -0.454 e. The maximum Gasteiger partial charge on any atom is 0.257 e. The minimum atomic E-state index is -0.557. The van der Waals surface area contributed by atoms with Gasteiger partial charge in [-0.1, -0.05) is 6.92 Å². The molecule has 1 aliphatic heterocycles. The lowest BCUT2D eigenvalue weighted by molar-refractivity contribution is -0.117. The molecule has 2 N–H and O–H groups in total. The highest BCUT2D eigenvalue weighted by Gasteiger charge is 2.39. The molecule has 2 aliphatic rings. The Labute approximate surface area is 149 Å². The van der Waals surface area contributed by atoms with Crippen molar-refractivity contribution in [3.05, 3.63) is 47.8 Å². The zero-order valence-corrected chi connectivity index (χ0v) is 14.0. The Morgan fingerprint density at radius 1 is 1.08 bits per heavy atom. The van der Waals surface area contributed by atoms with E-state index in [9.17, 15) is 14.0 Å². The summed E-state index contributed by atoms with van der Waals surface area (Å²) in [5, 5.41) is 5.42. The van der Waals surface area contributed by atoms with E-state index in [0.29, 0.717) is 23.1 Å². The molecule has 2 atom stereocenters. The van der Waals surface area contributed by atoms with Crippen molar-refractivity contribution in [1.29, 1.82) is 0 Å². The fraction of sp³-hybridized carbons (Fsp3) is 0.263. The molecule has 134 valence electrons. The number of hydrogen-bond acceptors (Lipinski definition) is 4. The number of ether oxygens (including phenoxy) is 2. The number of nitrogens with one attached hydrogen (secondary N) is 2. The van der Waals surface area contributed by atoms with Gasteiger partial charge in [-0.3, -0.25) is 9.59 Å². The van der Waals surface area contributed by atoms with Crippen LogP contribution >= 0.6 is 0 Å². The Balaban J connectivity index is 1.54. The third-order valence-corrected chi connectivity index (χ3v) is 4.56. The highest BCUT2D eigenvalue weighted by Crippen LogP contribution is 2.39. The van der Waals surface area contributed by atoms with Gasteiger partial charge in [0.15, 0.2) is 11.5 Å². The molecule has 7 heteroatoms. The fourth-order valence-corrected chi connectivity index (χ4v) is 2.90. The number of fused-ring (bicyclic) bond motifs is 1. The highest BCUT2D eigenvalue weighted by molar-refractivity contribution is 6.10. The molecule has 0 spiro atoms. The normalized spacial score (nSPS) is 19.8. The van der Waals surface area contributed by atoms with E-state index in [2.05, 4.69) is 10.6 Å². The zero-order chi connectivity index (χ0) is 18.3. The predicted octanol–water partition coefficient (Wildman–Crippen LogP) is 3.40. The molecule has 0 saturated heterocycles. The van der Waals surface area contributed by atoms with E-state index in [-0.39, 0.29) is 29.9 Å². The van der Waals surface area contributed by atoms with E-state index in [1.165, 1.54) is 12.1 Å². The second kappa shape index (κ2) is 6.33. The summed E-state index contributed by atoms with van der Waals surface area (Å²) in [6.07, 6.45) is 0.825. The van der Waals surface area contributed by atoms with Gasteiger partial charge in [0.1, 0.15) is 5.82 Å². The Bertz CT molecular complexity index is 899. The van der Waals surface area contributed by atoms with Crippen LogP contribution in [0.1, 0.15) is 23.7 Å². The monoisotopic (exact) mass is 356 g/mol. The average molecular weight is 356 g/mol. The average Bonchev–Trinajstić information content (AvgIpc) is 3.16. The van der Waals surface area contributed by atoms with Crippen molar-refractivity contribution >= 4 is 23.2 Å². The first-order valence-electron chi connectivity index (χ1n) is 8.32. The van der Waals surface area contributed by atoms with Gasteiger partial charge in [0.05, 0.1) is 11.3 Å². The van der Waals surface area contributed by atoms with Crippen LogP contribution in [-0.4, -0.2) is 18.6 Å². The number of anilines is 2. The van der Waals surface area contributed by atoms with Crippen LogP contribution in [0.4, 0.5) is 15.8 Å². The van der Waals surface area contributed by atoms with Gasteiger partial charge in [0.2, 0.25) is 12.7 Å². The maximum absolute atomic E-state index is 13.7. The number of carbonyl (C=O) groups is 2. The lowest BCUT2D eigenvalue weighted by Gasteiger charge is -2.12. The van der Waals surface area contributed by atoms with Crippen LogP contribution in [0.5, 0.6) is 11.5 Å². The number of hydrogen-bond donors (Lipinski definition) is 2. The van der Waals surface area contributed by atoms with Crippen molar-refractivity contribution in [3.63, 3.8) is 0 Å². The van der Waals surface area contributed by atoms with Gasteiger partial charge in [0.25, 0.3) is 5.91 Å². The van der Waals surface area contributed by atoms with Crippen LogP contribution in [0.2, 0.25) is 0 Å². The molecule has 1 saturated carbocycles. The summed E-state index contributed by atoms with van der Waals surface area (Å²) in [5.41, 5.74) is 0.828. The quantitative estimate of drug-likeness (QED) is 0.880. The third kappa shape index (κ3) is 3.20. The molecule has 2 aromatic carbocycles. The summed E-state index contributed by atoms with van der Waals surface area (Å²) in [7, 11) is 0. The van der Waals surface area contributed by atoms with Gasteiger partial charge in [-0.15, -0.1) is 0 Å². The lowest BCUT2D eigenvalue weighted by atomic mass is 10.1. The van der Waals surface area contributed by atoms with Crippen LogP contribution < -0.4 is 20.1 Å². The van der Waals surface area contributed by atoms with E-state index in [1.807, 2.05) is 6.92 Å². The molecule has 0 radical (unpaired) electrons. The Morgan fingerprint density at radius 2 is 1.85 bits per heavy atom. The minimum absolute atomic E-state index is 0.0511. The van der Waals surface area contributed by atoms with Crippen LogP contribution in [-0.2, 0) is 4.79 Å². The molecule has 4 rings (SSSR count). The summed E-state index contributed by atoms with van der Waals surface area (Å²) >= 11 is 0. The topological polar surface area (TPSA) is 76.7 Å². The lowest BCUT2D eigenvalue weighted by Crippen LogP contribution is -2.19. The highest BCUT2D eigenvalue weighted by atomic mass is 19.1. The fourth-order valence-electron chi connectivity index (χ4n) is 2.90. The van der Waals surface area contributed by atoms with Crippen LogP contribution in [0.25, 0.3) is 0 Å². The molecular formula is C19H17FN2O4. The second-order valence-corrected chi connectivity index (χ2v) is 6.52. The van der Waals surface area contributed by atoms with Gasteiger partial charge >= 0.3 is 0 Å². The predicted molar refractivity (Wildman–Crippen MR) is 92.8 cm³/mol. The molecule has 1 heterocycles. The molecule has 26 heavy (non-hydrogen) atoms. The molecule has 1 fully saturated rings. The van der Waals surface area contributed by atoms with Crippen LogP contribution in [0, 0.1) is 17.7 Å². The summed E-state index contributed by atoms with van der Waals surface area (Å²) in [4.78, 5) is 24.8. The van der Waals surface area contributed by atoms with E-state index in [4.69, 9.17) is 9.47 Å². The number of rotatable bonds is 4. The SMILES string of the molecule is C[C@@H]1C[C@H]1C(=O)Nc1ccc(F)cc1C(=O)Nc1ccc2c(c1)OCO2. The summed E-state index contributed by atoms with van der Waals surface area (Å²) < 4.78 is 24.2. The van der Waals surface area contributed by atoms with Gasteiger partial charge in [-0.2, -0.15) is 0 Å². The molecule has 2 aromatic rings. The van der Waals surface area contributed by atoms with E-state index in [1.54, 1.807) is 18.2 Å². The Hall–Kier alpha value is -3.09. The van der Waals surface area contributed by atoms with Crippen molar-refractivity contribution in [3.8, 4) is 11.5 Å². The van der Waals surface area contributed by atoms with E-state index < -0.39 is 11.7 Å². The van der Waals surface area contributed by atoms with Crippen molar-refractivity contribution in [2.24, 2.45) is 11.8 Å². The van der Waals surface area contributed by atoms with Gasteiger partial charge in [0, 0.05) is 17.7 Å². The largest absolute Gasteiger partial charge is 0.454 e. The first kappa shape index (κ1) is 16.4. The van der Waals surface area contributed by atoms with Gasteiger partial charge in [-0.05, 0) is 42.7 Å². The third-order valence-electron chi connectivity index (χ3n) is 4.56. The second-order valence-electron chi connectivity index (χ2n) is 6.52. The smallest absolute Gasteiger partial charge is 0.257 e.